The number of hydrogen-bond donors (Lipinski definition) is 2. The van der Waals surface area contributed by atoms with E-state index in [1.54, 1.807) is 0 Å². The zero-order valence-corrected chi connectivity index (χ0v) is 15.0. The summed E-state index contributed by atoms with van der Waals surface area (Å²) in [6, 6.07) is 0. The van der Waals surface area contributed by atoms with Crippen molar-refractivity contribution >= 4 is 5.91 Å². The highest BCUT2D eigenvalue weighted by Gasteiger charge is 2.37. The SMILES string of the molecule is C[C@@H]1Cc2c(C(=O)N3CCC(O)(CN(C)C)CC3)n[nH]c2[C@H](C)O1. The van der Waals surface area contributed by atoms with Crippen molar-refractivity contribution in [3.8, 4) is 0 Å². The van der Waals surface area contributed by atoms with Gasteiger partial charge in [-0.2, -0.15) is 5.10 Å². The third-order valence-electron chi connectivity index (χ3n) is 5.03. The molecule has 3 rings (SSSR count). The number of fused-ring (bicyclic) bond motifs is 1. The Morgan fingerprint density at radius 2 is 2.08 bits per heavy atom. The Bertz CT molecular complexity index is 605. The van der Waals surface area contributed by atoms with Crippen molar-refractivity contribution in [3.05, 3.63) is 17.0 Å². The molecule has 134 valence electrons. The minimum Gasteiger partial charge on any atom is -0.388 e. The highest BCUT2D eigenvalue weighted by atomic mass is 16.5. The Morgan fingerprint density at radius 1 is 1.42 bits per heavy atom. The van der Waals surface area contributed by atoms with Gasteiger partial charge in [0.1, 0.15) is 0 Å². The first-order valence-corrected chi connectivity index (χ1v) is 8.68. The Labute approximate surface area is 143 Å². The van der Waals surface area contributed by atoms with Gasteiger partial charge in [-0.1, -0.05) is 0 Å². The summed E-state index contributed by atoms with van der Waals surface area (Å²) < 4.78 is 5.78. The van der Waals surface area contributed by atoms with E-state index in [0.717, 1.165) is 11.3 Å². The minimum absolute atomic E-state index is 0.0410. The molecule has 0 aromatic carbocycles. The number of aromatic nitrogens is 2. The van der Waals surface area contributed by atoms with Crippen LogP contribution >= 0.6 is 0 Å². The van der Waals surface area contributed by atoms with E-state index in [2.05, 4.69) is 10.2 Å². The second-order valence-corrected chi connectivity index (χ2v) is 7.51. The number of likely N-dealkylation sites (tertiary alicyclic amines) is 1. The first-order chi connectivity index (χ1) is 11.3. The molecule has 0 bridgehead atoms. The van der Waals surface area contributed by atoms with Crippen molar-refractivity contribution in [2.45, 2.75) is 50.9 Å². The normalized spacial score (nSPS) is 26.5. The number of amides is 1. The van der Waals surface area contributed by atoms with Crippen molar-refractivity contribution < 1.29 is 14.6 Å². The summed E-state index contributed by atoms with van der Waals surface area (Å²) in [5, 5.41) is 17.9. The lowest BCUT2D eigenvalue weighted by atomic mass is 9.90. The summed E-state index contributed by atoms with van der Waals surface area (Å²) in [7, 11) is 3.91. The molecule has 7 heteroatoms. The molecule has 7 nitrogen and oxygen atoms in total. The van der Waals surface area contributed by atoms with Gasteiger partial charge < -0.3 is 19.6 Å². The van der Waals surface area contributed by atoms with Crippen LogP contribution in [0, 0.1) is 0 Å². The predicted molar refractivity (Wildman–Crippen MR) is 89.9 cm³/mol. The smallest absolute Gasteiger partial charge is 0.274 e. The summed E-state index contributed by atoms with van der Waals surface area (Å²) in [6.45, 7) is 5.74. The third-order valence-corrected chi connectivity index (χ3v) is 5.03. The van der Waals surface area contributed by atoms with Crippen LogP contribution in [0.5, 0.6) is 0 Å². The molecule has 0 saturated carbocycles. The van der Waals surface area contributed by atoms with E-state index >= 15 is 0 Å². The summed E-state index contributed by atoms with van der Waals surface area (Å²) in [5.41, 5.74) is 1.71. The number of carbonyl (C=O) groups excluding carboxylic acids is 1. The molecule has 2 aliphatic rings. The van der Waals surface area contributed by atoms with E-state index in [0.29, 0.717) is 44.6 Å². The second kappa shape index (κ2) is 6.46. The van der Waals surface area contributed by atoms with Crippen molar-refractivity contribution in [1.29, 1.82) is 0 Å². The molecule has 0 aliphatic carbocycles. The topological polar surface area (TPSA) is 81.7 Å². The number of aromatic amines is 1. The lowest BCUT2D eigenvalue weighted by Crippen LogP contribution is -2.51. The van der Waals surface area contributed by atoms with Gasteiger partial charge >= 0.3 is 0 Å². The zero-order valence-electron chi connectivity index (χ0n) is 15.0. The Kier molecular flexibility index (Phi) is 4.68. The molecule has 24 heavy (non-hydrogen) atoms. The zero-order chi connectivity index (χ0) is 17.5. The molecule has 0 radical (unpaired) electrons. The van der Waals surface area contributed by atoms with Crippen molar-refractivity contribution in [2.75, 3.05) is 33.7 Å². The fourth-order valence-electron chi connectivity index (χ4n) is 3.87. The van der Waals surface area contributed by atoms with Gasteiger partial charge in [0.15, 0.2) is 5.69 Å². The van der Waals surface area contributed by atoms with E-state index in [9.17, 15) is 9.90 Å². The van der Waals surface area contributed by atoms with Gasteiger partial charge in [-0.3, -0.25) is 9.89 Å². The second-order valence-electron chi connectivity index (χ2n) is 7.51. The van der Waals surface area contributed by atoms with Gasteiger partial charge in [-0.25, -0.2) is 0 Å². The molecule has 3 heterocycles. The van der Waals surface area contributed by atoms with Gasteiger partial charge in [0.25, 0.3) is 5.91 Å². The molecule has 1 aromatic rings. The average Bonchev–Trinajstić information content (AvgIpc) is 2.90. The van der Waals surface area contributed by atoms with Gasteiger partial charge in [-0.15, -0.1) is 0 Å². The molecule has 1 saturated heterocycles. The maximum atomic E-state index is 12.9. The molecule has 1 amide bonds. The number of H-pyrrole nitrogens is 1. The number of carbonyl (C=O) groups is 1. The fraction of sp³-hybridized carbons (Fsp3) is 0.765. The van der Waals surface area contributed by atoms with Crippen molar-refractivity contribution in [1.82, 2.24) is 20.0 Å². The fourth-order valence-corrected chi connectivity index (χ4v) is 3.87. The van der Waals surface area contributed by atoms with E-state index in [-0.39, 0.29) is 18.1 Å². The van der Waals surface area contributed by atoms with Crippen molar-refractivity contribution in [2.24, 2.45) is 0 Å². The van der Waals surface area contributed by atoms with Gasteiger partial charge in [0.05, 0.1) is 23.5 Å². The van der Waals surface area contributed by atoms with Gasteiger partial charge in [0, 0.05) is 31.6 Å². The monoisotopic (exact) mass is 336 g/mol. The van der Waals surface area contributed by atoms with Crippen LogP contribution < -0.4 is 0 Å². The Morgan fingerprint density at radius 3 is 2.71 bits per heavy atom. The lowest BCUT2D eigenvalue weighted by Gasteiger charge is -2.39. The number of ether oxygens (including phenoxy) is 1. The van der Waals surface area contributed by atoms with Crippen LogP contribution in [0.3, 0.4) is 0 Å². The van der Waals surface area contributed by atoms with Crippen molar-refractivity contribution in [3.63, 3.8) is 0 Å². The minimum atomic E-state index is -0.706. The molecular formula is C17H28N4O3. The van der Waals surface area contributed by atoms with Crippen LogP contribution in [-0.2, 0) is 11.2 Å². The summed E-state index contributed by atoms with van der Waals surface area (Å²) in [6.07, 6.45) is 1.92. The van der Waals surface area contributed by atoms with E-state index in [1.807, 2.05) is 37.7 Å². The van der Waals surface area contributed by atoms with Crippen LogP contribution in [-0.4, -0.2) is 76.4 Å². The number of nitrogens with one attached hydrogen (secondary N) is 1. The summed E-state index contributed by atoms with van der Waals surface area (Å²) in [4.78, 5) is 16.7. The molecule has 0 spiro atoms. The first-order valence-electron chi connectivity index (χ1n) is 8.68. The molecule has 1 fully saturated rings. The number of rotatable bonds is 3. The number of aliphatic hydroxyl groups is 1. The largest absolute Gasteiger partial charge is 0.388 e. The molecule has 2 atom stereocenters. The third kappa shape index (κ3) is 3.34. The molecule has 2 N–H and O–H groups in total. The molecule has 2 aliphatic heterocycles. The maximum Gasteiger partial charge on any atom is 0.274 e. The van der Waals surface area contributed by atoms with Crippen LogP contribution in [0.2, 0.25) is 0 Å². The van der Waals surface area contributed by atoms with Crippen LogP contribution in [0.15, 0.2) is 0 Å². The highest BCUT2D eigenvalue weighted by molar-refractivity contribution is 5.94. The highest BCUT2D eigenvalue weighted by Crippen LogP contribution is 2.31. The maximum absolute atomic E-state index is 12.9. The number of likely N-dealkylation sites (N-methyl/N-ethyl adjacent to an activating group) is 1. The number of piperidine rings is 1. The van der Waals surface area contributed by atoms with Gasteiger partial charge in [-0.05, 0) is 40.8 Å². The number of hydrogen-bond acceptors (Lipinski definition) is 5. The average molecular weight is 336 g/mol. The predicted octanol–water partition coefficient (Wildman–Crippen LogP) is 0.961. The quantitative estimate of drug-likeness (QED) is 0.859. The van der Waals surface area contributed by atoms with Crippen LogP contribution in [0.4, 0.5) is 0 Å². The summed E-state index contributed by atoms with van der Waals surface area (Å²) >= 11 is 0. The number of nitrogens with zero attached hydrogens (tertiary/aromatic N) is 3. The molecular weight excluding hydrogens is 308 g/mol. The summed E-state index contributed by atoms with van der Waals surface area (Å²) in [5.74, 6) is -0.0410. The Balaban J connectivity index is 1.71. The van der Waals surface area contributed by atoms with Gasteiger partial charge in [0.2, 0.25) is 0 Å². The van der Waals surface area contributed by atoms with E-state index in [1.165, 1.54) is 0 Å². The standard InChI is InChI=1S/C17H28N4O3/c1-11-9-13-14(12(2)24-11)18-19-15(13)16(22)21-7-5-17(23,6-8-21)10-20(3)4/h11-12,23H,5-10H2,1-4H3,(H,18,19)/t11-,12+/m1/s1. The van der Waals surface area contributed by atoms with Crippen LogP contribution in [0.25, 0.3) is 0 Å². The van der Waals surface area contributed by atoms with E-state index in [4.69, 9.17) is 4.74 Å². The first kappa shape index (κ1) is 17.4. The van der Waals surface area contributed by atoms with E-state index < -0.39 is 5.60 Å². The lowest BCUT2D eigenvalue weighted by molar-refractivity contribution is -0.0326. The van der Waals surface area contributed by atoms with Crippen LogP contribution in [0.1, 0.15) is 54.5 Å². The molecule has 0 unspecified atom stereocenters. The Hall–Kier alpha value is -1.44. The molecule has 1 aromatic heterocycles.